The lowest BCUT2D eigenvalue weighted by Crippen LogP contribution is -2.26. The molecule has 0 aliphatic rings. The summed E-state index contributed by atoms with van der Waals surface area (Å²) < 4.78 is 0.995. The van der Waals surface area contributed by atoms with Gasteiger partial charge in [0.25, 0.3) is 0 Å². The average Bonchev–Trinajstić information content (AvgIpc) is 2.37. The van der Waals surface area contributed by atoms with Gasteiger partial charge in [-0.15, -0.1) is 0 Å². The van der Waals surface area contributed by atoms with E-state index >= 15 is 0 Å². The van der Waals surface area contributed by atoms with E-state index in [0.29, 0.717) is 0 Å². The molecule has 106 valence electrons. The summed E-state index contributed by atoms with van der Waals surface area (Å²) in [5, 5.41) is 0.774. The fourth-order valence-electron chi connectivity index (χ4n) is 2.34. The molecule has 0 aliphatic heterocycles. The molecule has 0 heterocycles. The lowest BCUT2D eigenvalue weighted by atomic mass is 9.96. The Bertz CT molecular complexity index is 610. The highest BCUT2D eigenvalue weighted by molar-refractivity contribution is 9.10. The van der Waals surface area contributed by atoms with Crippen LogP contribution in [0.15, 0.2) is 40.9 Å². The summed E-state index contributed by atoms with van der Waals surface area (Å²) in [6, 6.07) is 12.6. The van der Waals surface area contributed by atoms with E-state index < -0.39 is 0 Å². The van der Waals surface area contributed by atoms with E-state index in [4.69, 9.17) is 17.3 Å². The van der Waals surface area contributed by atoms with Crippen LogP contribution in [0.2, 0.25) is 5.02 Å². The molecule has 20 heavy (non-hydrogen) atoms. The van der Waals surface area contributed by atoms with Gasteiger partial charge in [-0.3, -0.25) is 0 Å². The van der Waals surface area contributed by atoms with Crippen molar-refractivity contribution >= 4 is 27.5 Å². The normalized spacial score (nSPS) is 12.4. The first-order valence-electron chi connectivity index (χ1n) is 6.71. The van der Waals surface area contributed by atoms with Gasteiger partial charge in [-0.2, -0.15) is 0 Å². The first kappa shape index (κ1) is 15.6. The van der Waals surface area contributed by atoms with Crippen LogP contribution in [0.1, 0.15) is 22.3 Å². The Balaban J connectivity index is 2.08. The summed E-state index contributed by atoms with van der Waals surface area (Å²) in [7, 11) is 0. The first-order chi connectivity index (χ1) is 9.45. The van der Waals surface area contributed by atoms with Gasteiger partial charge in [0, 0.05) is 15.5 Å². The predicted molar refractivity (Wildman–Crippen MR) is 90.5 cm³/mol. The molecule has 0 saturated heterocycles. The van der Waals surface area contributed by atoms with E-state index in [2.05, 4.69) is 48.0 Å². The molecule has 0 bridgehead atoms. The van der Waals surface area contributed by atoms with Crippen molar-refractivity contribution in [3.8, 4) is 0 Å². The Morgan fingerprint density at radius 1 is 1.05 bits per heavy atom. The highest BCUT2D eigenvalue weighted by atomic mass is 79.9. The standard InChI is InChI=1S/C17H19BrClN/c1-11-3-4-12(2)14(7-11)9-16(20)8-13-5-6-15(18)10-17(13)19/h3-7,10,16H,8-9,20H2,1-2H3. The number of halogens is 2. The maximum atomic E-state index is 6.29. The molecule has 0 amide bonds. The molecule has 0 spiro atoms. The molecular weight excluding hydrogens is 334 g/mol. The second-order valence-corrected chi connectivity index (χ2v) is 6.66. The molecule has 0 saturated carbocycles. The summed E-state index contributed by atoms with van der Waals surface area (Å²) >= 11 is 9.67. The fraction of sp³-hybridized carbons (Fsp3) is 0.294. The molecular formula is C17H19BrClN. The number of hydrogen-bond donors (Lipinski definition) is 1. The van der Waals surface area contributed by atoms with Gasteiger partial charge in [-0.25, -0.2) is 0 Å². The lowest BCUT2D eigenvalue weighted by molar-refractivity contribution is 0.662. The van der Waals surface area contributed by atoms with E-state index in [1.54, 1.807) is 0 Å². The topological polar surface area (TPSA) is 26.0 Å². The molecule has 2 aromatic carbocycles. The van der Waals surface area contributed by atoms with Gasteiger partial charge in [0.1, 0.15) is 0 Å². The minimum Gasteiger partial charge on any atom is -0.327 e. The molecule has 0 aromatic heterocycles. The van der Waals surface area contributed by atoms with Crippen molar-refractivity contribution in [3.63, 3.8) is 0 Å². The third-order valence-electron chi connectivity index (χ3n) is 3.48. The second kappa shape index (κ2) is 6.75. The summed E-state index contributed by atoms with van der Waals surface area (Å²) in [6.07, 6.45) is 1.67. The molecule has 1 unspecified atom stereocenters. The van der Waals surface area contributed by atoms with Crippen LogP contribution in [-0.4, -0.2) is 6.04 Å². The molecule has 2 rings (SSSR count). The molecule has 2 N–H and O–H groups in total. The molecule has 0 aliphatic carbocycles. The summed E-state index contributed by atoms with van der Waals surface area (Å²) in [6.45, 7) is 4.24. The Morgan fingerprint density at radius 3 is 2.45 bits per heavy atom. The second-order valence-electron chi connectivity index (χ2n) is 5.33. The highest BCUT2D eigenvalue weighted by Crippen LogP contribution is 2.23. The molecule has 0 radical (unpaired) electrons. The van der Waals surface area contributed by atoms with Crippen LogP contribution in [0.3, 0.4) is 0 Å². The maximum Gasteiger partial charge on any atom is 0.0449 e. The smallest absolute Gasteiger partial charge is 0.0449 e. The van der Waals surface area contributed by atoms with Gasteiger partial charge >= 0.3 is 0 Å². The number of aryl methyl sites for hydroxylation is 2. The van der Waals surface area contributed by atoms with Gasteiger partial charge in [0.05, 0.1) is 0 Å². The van der Waals surface area contributed by atoms with Crippen molar-refractivity contribution in [2.45, 2.75) is 32.7 Å². The molecule has 0 fully saturated rings. The van der Waals surface area contributed by atoms with Crippen molar-refractivity contribution in [1.82, 2.24) is 0 Å². The quantitative estimate of drug-likeness (QED) is 0.838. The predicted octanol–water partition coefficient (Wildman–Crippen LogP) is 4.83. The molecule has 2 aromatic rings. The van der Waals surface area contributed by atoms with Crippen LogP contribution in [0, 0.1) is 13.8 Å². The Labute approximate surface area is 134 Å². The van der Waals surface area contributed by atoms with E-state index in [0.717, 1.165) is 27.9 Å². The van der Waals surface area contributed by atoms with Crippen molar-refractivity contribution in [2.24, 2.45) is 5.73 Å². The monoisotopic (exact) mass is 351 g/mol. The minimum atomic E-state index is 0.0779. The fourth-order valence-corrected chi connectivity index (χ4v) is 3.10. The van der Waals surface area contributed by atoms with Crippen LogP contribution in [0.5, 0.6) is 0 Å². The third-order valence-corrected chi connectivity index (χ3v) is 4.33. The zero-order chi connectivity index (χ0) is 14.7. The first-order valence-corrected chi connectivity index (χ1v) is 7.88. The maximum absolute atomic E-state index is 6.29. The van der Waals surface area contributed by atoms with Crippen LogP contribution in [-0.2, 0) is 12.8 Å². The van der Waals surface area contributed by atoms with E-state index in [1.807, 2.05) is 18.2 Å². The highest BCUT2D eigenvalue weighted by Gasteiger charge is 2.10. The van der Waals surface area contributed by atoms with Gasteiger partial charge in [0.2, 0.25) is 0 Å². The average molecular weight is 353 g/mol. The number of nitrogens with two attached hydrogens (primary N) is 1. The Morgan fingerprint density at radius 2 is 1.75 bits per heavy atom. The Hall–Kier alpha value is -0.830. The summed E-state index contributed by atoms with van der Waals surface area (Å²) in [5.41, 5.74) is 11.3. The number of rotatable bonds is 4. The van der Waals surface area contributed by atoms with Crippen LogP contribution < -0.4 is 5.73 Å². The van der Waals surface area contributed by atoms with E-state index in [1.165, 1.54) is 16.7 Å². The zero-order valence-electron chi connectivity index (χ0n) is 11.8. The molecule has 1 nitrogen and oxygen atoms in total. The SMILES string of the molecule is Cc1ccc(C)c(CC(N)Cc2ccc(Br)cc2Cl)c1. The largest absolute Gasteiger partial charge is 0.327 e. The van der Waals surface area contributed by atoms with Gasteiger partial charge in [-0.05, 0) is 55.5 Å². The van der Waals surface area contributed by atoms with Crippen LogP contribution in [0.4, 0.5) is 0 Å². The lowest BCUT2D eigenvalue weighted by Gasteiger charge is -2.15. The van der Waals surface area contributed by atoms with Crippen LogP contribution in [0.25, 0.3) is 0 Å². The molecule has 1 atom stereocenters. The van der Waals surface area contributed by atoms with E-state index in [9.17, 15) is 0 Å². The Kier molecular flexibility index (Phi) is 5.25. The van der Waals surface area contributed by atoms with Gasteiger partial charge in [-0.1, -0.05) is 57.4 Å². The minimum absolute atomic E-state index is 0.0779. The summed E-state index contributed by atoms with van der Waals surface area (Å²) in [5.74, 6) is 0. The summed E-state index contributed by atoms with van der Waals surface area (Å²) in [4.78, 5) is 0. The van der Waals surface area contributed by atoms with Crippen LogP contribution >= 0.6 is 27.5 Å². The zero-order valence-corrected chi connectivity index (χ0v) is 14.1. The number of benzene rings is 2. The van der Waals surface area contributed by atoms with Gasteiger partial charge in [0.15, 0.2) is 0 Å². The van der Waals surface area contributed by atoms with Gasteiger partial charge < -0.3 is 5.73 Å². The van der Waals surface area contributed by atoms with Crippen molar-refractivity contribution in [1.29, 1.82) is 0 Å². The third kappa shape index (κ3) is 4.08. The van der Waals surface area contributed by atoms with Crippen molar-refractivity contribution < 1.29 is 0 Å². The van der Waals surface area contributed by atoms with Crippen molar-refractivity contribution in [2.75, 3.05) is 0 Å². The number of hydrogen-bond acceptors (Lipinski definition) is 1. The molecule has 3 heteroatoms. The van der Waals surface area contributed by atoms with Crippen molar-refractivity contribution in [3.05, 3.63) is 68.1 Å². The van der Waals surface area contributed by atoms with E-state index in [-0.39, 0.29) is 6.04 Å².